The van der Waals surface area contributed by atoms with E-state index in [0.717, 1.165) is 44.3 Å². The summed E-state index contributed by atoms with van der Waals surface area (Å²) in [4.78, 5) is 24.8. The number of rotatable bonds is 5. The van der Waals surface area contributed by atoms with Gasteiger partial charge in [0.15, 0.2) is 0 Å². The van der Waals surface area contributed by atoms with E-state index in [1.807, 2.05) is 12.3 Å². The van der Waals surface area contributed by atoms with E-state index in [-0.39, 0.29) is 6.10 Å². The van der Waals surface area contributed by atoms with Crippen molar-refractivity contribution in [3.63, 3.8) is 0 Å². The van der Waals surface area contributed by atoms with Crippen LogP contribution in [-0.4, -0.2) is 82.4 Å². The van der Waals surface area contributed by atoms with Gasteiger partial charge in [-0.15, -0.1) is 0 Å². The van der Waals surface area contributed by atoms with Gasteiger partial charge in [-0.05, 0) is 43.7 Å². The highest BCUT2D eigenvalue weighted by Crippen LogP contribution is 2.34. The lowest BCUT2D eigenvalue weighted by Gasteiger charge is -2.39. The summed E-state index contributed by atoms with van der Waals surface area (Å²) in [5.74, 6) is -4.72. The largest absolute Gasteiger partial charge is 0.490 e. The van der Waals surface area contributed by atoms with Crippen molar-refractivity contribution in [3.05, 3.63) is 30.1 Å². The maximum Gasteiger partial charge on any atom is 0.490 e. The van der Waals surface area contributed by atoms with E-state index < -0.39 is 24.3 Å². The number of carboxylic acid groups (broad SMARTS) is 2. The molecular weight excluding hydrogens is 514 g/mol. The molecule has 3 fully saturated rings. The quantitative estimate of drug-likeness (QED) is 0.529. The van der Waals surface area contributed by atoms with Crippen LogP contribution >= 0.6 is 0 Å². The number of hydrogen-bond donors (Lipinski definition) is 2. The maximum absolute atomic E-state index is 10.6. The number of aromatic nitrogens is 1. The molecule has 8 nitrogen and oxygen atoms in total. The Kier molecular flexibility index (Phi) is 11.6. The van der Waals surface area contributed by atoms with Gasteiger partial charge in [0.2, 0.25) is 0 Å². The second-order valence-corrected chi connectivity index (χ2v) is 8.90. The molecule has 2 N–H and O–H groups in total. The first-order valence-corrected chi connectivity index (χ1v) is 11.8. The van der Waals surface area contributed by atoms with Gasteiger partial charge in [0.05, 0.1) is 24.5 Å². The average Bonchev–Trinajstić information content (AvgIpc) is 3.48. The minimum absolute atomic E-state index is 0.258. The zero-order valence-electron chi connectivity index (χ0n) is 19.9. The Morgan fingerprint density at radius 1 is 1.00 bits per heavy atom. The number of fused-ring (bicyclic) bond motifs is 1. The molecule has 0 unspecified atom stereocenters. The molecule has 0 radical (unpaired) electrons. The molecule has 1 saturated heterocycles. The third kappa shape index (κ3) is 10.4. The second-order valence-electron chi connectivity index (χ2n) is 8.90. The van der Waals surface area contributed by atoms with Crippen LogP contribution in [0.3, 0.4) is 0 Å². The molecule has 14 heteroatoms. The average molecular weight is 544 g/mol. The van der Waals surface area contributed by atoms with Crippen molar-refractivity contribution < 1.29 is 55.6 Å². The van der Waals surface area contributed by atoms with Crippen molar-refractivity contribution >= 4 is 11.9 Å². The van der Waals surface area contributed by atoms with Gasteiger partial charge in [0.1, 0.15) is 0 Å². The van der Waals surface area contributed by atoms with Crippen LogP contribution in [0.15, 0.2) is 24.4 Å². The summed E-state index contributed by atoms with van der Waals surface area (Å²) in [5.41, 5.74) is 1.16. The van der Waals surface area contributed by atoms with Gasteiger partial charge in [-0.25, -0.2) is 9.59 Å². The lowest BCUT2D eigenvalue weighted by Crippen LogP contribution is -2.51. The van der Waals surface area contributed by atoms with Gasteiger partial charge < -0.3 is 19.7 Å². The van der Waals surface area contributed by atoms with E-state index >= 15 is 0 Å². The summed E-state index contributed by atoms with van der Waals surface area (Å²) in [7, 11) is 0. The van der Waals surface area contributed by atoms with Gasteiger partial charge in [0.25, 0.3) is 0 Å². The van der Waals surface area contributed by atoms with Crippen molar-refractivity contribution in [2.75, 3.05) is 19.8 Å². The molecule has 210 valence electrons. The summed E-state index contributed by atoms with van der Waals surface area (Å²) in [5, 5.41) is 14.2. The number of morpholine rings is 1. The molecule has 2 saturated carbocycles. The first-order chi connectivity index (χ1) is 17.3. The van der Waals surface area contributed by atoms with Crippen molar-refractivity contribution in [1.82, 2.24) is 9.88 Å². The minimum Gasteiger partial charge on any atom is -0.475 e. The van der Waals surface area contributed by atoms with E-state index in [4.69, 9.17) is 29.3 Å². The number of carbonyl (C=O) groups is 2. The standard InChI is InChI=1S/C19H28N2O2.2C2HF3O2/c1-2-6-15(5-1)14-23-18-9-8-17-19(18)22-12-11-21(17)13-16-7-3-4-10-20-16;2*3-2(4,5)1(6)7/h3-4,7,10,15,17-19H,1-2,5-6,8-9,11-14H2;2*(H,6,7)/t17-,18+,19+;;/m0../s1. The van der Waals surface area contributed by atoms with Crippen molar-refractivity contribution in [2.45, 2.75) is 75.7 Å². The van der Waals surface area contributed by atoms with Crippen LogP contribution in [-0.2, 0) is 25.6 Å². The number of halogens is 6. The highest BCUT2D eigenvalue weighted by molar-refractivity contribution is 5.73. The highest BCUT2D eigenvalue weighted by atomic mass is 19.4. The van der Waals surface area contributed by atoms with Crippen molar-refractivity contribution in [3.8, 4) is 0 Å². The number of carboxylic acids is 2. The zero-order chi connectivity index (χ0) is 27.6. The molecule has 1 aliphatic heterocycles. The normalized spacial score (nSPS) is 24.3. The number of hydrogen-bond acceptors (Lipinski definition) is 6. The topological polar surface area (TPSA) is 109 Å². The number of alkyl halides is 6. The summed E-state index contributed by atoms with van der Waals surface area (Å²) < 4.78 is 75.9. The van der Waals surface area contributed by atoms with Crippen LogP contribution in [0.2, 0.25) is 0 Å². The molecular formula is C23H30F6N2O6. The molecule has 0 spiro atoms. The fraction of sp³-hybridized carbons (Fsp3) is 0.696. The Hall–Kier alpha value is -2.45. The molecule has 3 atom stereocenters. The Labute approximate surface area is 209 Å². The molecule has 2 heterocycles. The van der Waals surface area contributed by atoms with Gasteiger partial charge >= 0.3 is 24.3 Å². The van der Waals surface area contributed by atoms with Crippen LogP contribution in [0.5, 0.6) is 0 Å². The number of aliphatic carboxylic acids is 2. The van der Waals surface area contributed by atoms with Crippen molar-refractivity contribution in [2.24, 2.45) is 5.92 Å². The van der Waals surface area contributed by atoms with Crippen LogP contribution < -0.4 is 0 Å². The molecule has 4 rings (SSSR count). The first-order valence-electron chi connectivity index (χ1n) is 11.8. The molecule has 0 bridgehead atoms. The van der Waals surface area contributed by atoms with E-state index in [0.29, 0.717) is 12.1 Å². The summed E-state index contributed by atoms with van der Waals surface area (Å²) in [6.07, 6.45) is 0.0864. The minimum atomic E-state index is -5.08. The molecule has 0 aromatic carbocycles. The third-order valence-corrected chi connectivity index (χ3v) is 6.25. The Morgan fingerprint density at radius 2 is 1.59 bits per heavy atom. The molecule has 2 aliphatic carbocycles. The third-order valence-electron chi connectivity index (χ3n) is 6.25. The first kappa shape index (κ1) is 30.8. The SMILES string of the molecule is O=C(O)C(F)(F)F.O=C(O)C(F)(F)F.c1ccc(CN2CCO[C@H]3[C@H](OCC4CCCC4)CC[C@@H]32)nc1. The van der Waals surface area contributed by atoms with Gasteiger partial charge in [-0.1, -0.05) is 18.9 Å². The van der Waals surface area contributed by atoms with Gasteiger partial charge in [0, 0.05) is 31.9 Å². The van der Waals surface area contributed by atoms with Gasteiger partial charge in [-0.2, -0.15) is 26.3 Å². The molecule has 37 heavy (non-hydrogen) atoms. The second kappa shape index (κ2) is 13.9. The van der Waals surface area contributed by atoms with E-state index in [2.05, 4.69) is 22.0 Å². The smallest absolute Gasteiger partial charge is 0.475 e. The predicted molar refractivity (Wildman–Crippen MR) is 116 cm³/mol. The van der Waals surface area contributed by atoms with Crippen LogP contribution in [0, 0.1) is 5.92 Å². The summed E-state index contributed by atoms with van der Waals surface area (Å²) in [6.45, 7) is 3.70. The monoisotopic (exact) mass is 544 g/mol. The number of pyridine rings is 1. The lowest BCUT2D eigenvalue weighted by molar-refractivity contribution is -0.193. The Morgan fingerprint density at radius 3 is 2.11 bits per heavy atom. The van der Waals surface area contributed by atoms with Crippen LogP contribution in [0.4, 0.5) is 26.3 Å². The fourth-order valence-electron chi connectivity index (χ4n) is 4.50. The van der Waals surface area contributed by atoms with Crippen LogP contribution in [0.1, 0.15) is 44.2 Å². The van der Waals surface area contributed by atoms with E-state index in [1.54, 1.807) is 0 Å². The molecule has 0 amide bonds. The predicted octanol–water partition coefficient (Wildman–Crippen LogP) is 4.29. The number of ether oxygens (including phenoxy) is 2. The fourth-order valence-corrected chi connectivity index (χ4v) is 4.50. The Balaban J connectivity index is 0.000000286. The zero-order valence-corrected chi connectivity index (χ0v) is 19.9. The lowest BCUT2D eigenvalue weighted by atomic mass is 10.1. The van der Waals surface area contributed by atoms with Crippen molar-refractivity contribution in [1.29, 1.82) is 0 Å². The highest BCUT2D eigenvalue weighted by Gasteiger charge is 2.43. The molecule has 1 aromatic heterocycles. The van der Waals surface area contributed by atoms with E-state index in [1.165, 1.54) is 32.1 Å². The Bertz CT molecular complexity index is 824. The van der Waals surface area contributed by atoms with Gasteiger partial charge in [-0.3, -0.25) is 9.88 Å². The van der Waals surface area contributed by atoms with E-state index in [9.17, 15) is 26.3 Å². The number of nitrogens with zero attached hydrogens (tertiary/aromatic N) is 2. The van der Waals surface area contributed by atoms with Crippen LogP contribution in [0.25, 0.3) is 0 Å². The maximum atomic E-state index is 10.6. The molecule has 1 aromatic rings. The summed E-state index contributed by atoms with van der Waals surface area (Å²) >= 11 is 0. The summed E-state index contributed by atoms with van der Waals surface area (Å²) in [6, 6.07) is 6.67. The molecule has 3 aliphatic rings.